The zero-order valence-corrected chi connectivity index (χ0v) is 21.7. The maximum atomic E-state index is 12.6. The van der Waals surface area contributed by atoms with Gasteiger partial charge < -0.3 is 30.2 Å². The average Bonchev–Trinajstić information content (AvgIpc) is 3.34. The van der Waals surface area contributed by atoms with Gasteiger partial charge in [-0.15, -0.1) is 11.3 Å². The van der Waals surface area contributed by atoms with Gasteiger partial charge in [-0.3, -0.25) is 4.98 Å². The second kappa shape index (κ2) is 12.4. The van der Waals surface area contributed by atoms with Crippen LogP contribution in [0.2, 0.25) is 0 Å². The third-order valence-electron chi connectivity index (χ3n) is 5.05. The highest BCUT2D eigenvalue weighted by molar-refractivity contribution is 7.14. The number of carbonyl (C=O) groups is 1. The van der Waals surface area contributed by atoms with Gasteiger partial charge >= 0.3 is 6.03 Å². The zero-order valence-electron chi connectivity index (χ0n) is 20.8. The van der Waals surface area contributed by atoms with Gasteiger partial charge in [-0.25, -0.2) is 9.78 Å². The number of thiazole rings is 1. The van der Waals surface area contributed by atoms with E-state index in [-0.39, 0.29) is 0 Å². The number of allylic oxidation sites excluding steroid dienone is 2. The zero-order chi connectivity index (χ0) is 26.1. The van der Waals surface area contributed by atoms with E-state index in [9.17, 15) is 4.79 Å². The molecular formula is C26H29N5O4S. The highest BCUT2D eigenvalue weighted by Gasteiger charge is 2.13. The van der Waals surface area contributed by atoms with Crippen LogP contribution >= 0.6 is 11.3 Å². The standard InChI is InChI=1S/C26H29N5O4S/c1-16-9-10-20(13-21(16)30-26-31-22(15-36-26)19-8-7-11-27-14-19)29-25(32)28-17(2)12-23(34-5)24(35-6)18(3)33-4/h7-15H,2H2,1,3-6H3,(H,30,31)(H2,28,29,32)/b23-12+,24-18-. The van der Waals surface area contributed by atoms with E-state index < -0.39 is 6.03 Å². The Hall–Kier alpha value is -4.31. The topological polar surface area (TPSA) is 107 Å². The molecule has 0 bridgehead atoms. The second-order valence-corrected chi connectivity index (χ2v) is 8.40. The molecule has 2 heterocycles. The molecule has 0 aliphatic heterocycles. The number of anilines is 3. The molecule has 0 spiro atoms. The van der Waals surface area contributed by atoms with Crippen molar-refractivity contribution >= 4 is 33.9 Å². The smallest absolute Gasteiger partial charge is 0.323 e. The third-order valence-corrected chi connectivity index (χ3v) is 5.81. The predicted molar refractivity (Wildman–Crippen MR) is 143 cm³/mol. The van der Waals surface area contributed by atoms with E-state index in [0.29, 0.717) is 28.7 Å². The molecule has 0 fully saturated rings. The Bertz CT molecular complexity index is 1280. The number of methoxy groups -OCH3 is 3. The predicted octanol–water partition coefficient (Wildman–Crippen LogP) is 5.95. The van der Waals surface area contributed by atoms with Gasteiger partial charge in [0, 0.05) is 46.5 Å². The lowest BCUT2D eigenvalue weighted by Crippen LogP contribution is -2.27. The Morgan fingerprint density at radius 3 is 2.61 bits per heavy atom. The summed E-state index contributed by atoms with van der Waals surface area (Å²) in [6, 6.07) is 8.95. The molecule has 0 aliphatic rings. The Morgan fingerprint density at radius 2 is 1.94 bits per heavy atom. The number of benzene rings is 1. The Labute approximate surface area is 214 Å². The van der Waals surface area contributed by atoms with Crippen LogP contribution in [0, 0.1) is 6.92 Å². The maximum absolute atomic E-state index is 12.6. The van der Waals surface area contributed by atoms with Crippen LogP contribution < -0.4 is 16.0 Å². The molecule has 0 saturated carbocycles. The highest BCUT2D eigenvalue weighted by atomic mass is 32.1. The van der Waals surface area contributed by atoms with E-state index in [1.807, 2.05) is 42.6 Å². The molecule has 36 heavy (non-hydrogen) atoms. The molecule has 0 aliphatic carbocycles. The summed E-state index contributed by atoms with van der Waals surface area (Å²) in [4.78, 5) is 21.4. The number of pyridine rings is 1. The van der Waals surface area contributed by atoms with Crippen LogP contribution in [0.25, 0.3) is 11.3 Å². The molecule has 2 amide bonds. The van der Waals surface area contributed by atoms with Crippen molar-refractivity contribution < 1.29 is 19.0 Å². The van der Waals surface area contributed by atoms with Crippen LogP contribution in [-0.2, 0) is 14.2 Å². The van der Waals surface area contributed by atoms with Crippen LogP contribution in [0.1, 0.15) is 12.5 Å². The number of nitrogens with zero attached hydrogens (tertiary/aromatic N) is 2. The average molecular weight is 508 g/mol. The van der Waals surface area contributed by atoms with Crippen molar-refractivity contribution in [1.29, 1.82) is 0 Å². The summed E-state index contributed by atoms with van der Waals surface area (Å²) in [5, 5.41) is 11.5. The van der Waals surface area contributed by atoms with Gasteiger partial charge in [-0.2, -0.15) is 0 Å². The van der Waals surface area contributed by atoms with Gasteiger partial charge in [0.25, 0.3) is 0 Å². The minimum Gasteiger partial charge on any atom is -0.497 e. The van der Waals surface area contributed by atoms with Gasteiger partial charge in [0.2, 0.25) is 0 Å². The molecule has 1 aromatic carbocycles. The SMILES string of the molecule is C=C(/C=C(OC)\C(OC)=C(/C)OC)NC(=O)Nc1ccc(C)c(Nc2nc(-c3cccnc3)cs2)c1. The van der Waals surface area contributed by atoms with E-state index in [1.54, 1.807) is 25.4 Å². The molecule has 9 nitrogen and oxygen atoms in total. The van der Waals surface area contributed by atoms with E-state index in [0.717, 1.165) is 27.6 Å². The molecule has 3 rings (SSSR count). The summed E-state index contributed by atoms with van der Waals surface area (Å²) in [7, 11) is 4.52. The minimum atomic E-state index is -0.457. The minimum absolute atomic E-state index is 0.305. The van der Waals surface area contributed by atoms with Crippen molar-refractivity contribution in [2.45, 2.75) is 13.8 Å². The van der Waals surface area contributed by atoms with E-state index >= 15 is 0 Å². The van der Waals surface area contributed by atoms with E-state index in [1.165, 1.54) is 32.7 Å². The lowest BCUT2D eigenvalue weighted by molar-refractivity contribution is 0.186. The first-order valence-corrected chi connectivity index (χ1v) is 11.8. The molecule has 3 aromatic rings. The molecule has 0 radical (unpaired) electrons. The second-order valence-electron chi connectivity index (χ2n) is 7.54. The molecule has 2 aromatic heterocycles. The van der Waals surface area contributed by atoms with Crippen LogP contribution in [0.5, 0.6) is 0 Å². The van der Waals surface area contributed by atoms with Gasteiger partial charge in [-0.05, 0) is 43.7 Å². The lowest BCUT2D eigenvalue weighted by atomic mass is 10.2. The monoisotopic (exact) mass is 507 g/mol. The van der Waals surface area contributed by atoms with Crippen LogP contribution in [0.4, 0.5) is 21.3 Å². The Morgan fingerprint density at radius 1 is 1.14 bits per heavy atom. The van der Waals surface area contributed by atoms with Crippen molar-refractivity contribution in [3.63, 3.8) is 0 Å². The van der Waals surface area contributed by atoms with E-state index in [2.05, 4.69) is 32.5 Å². The van der Waals surface area contributed by atoms with Crippen molar-refractivity contribution in [3.05, 3.63) is 89.3 Å². The van der Waals surface area contributed by atoms with Crippen LogP contribution in [0.3, 0.4) is 0 Å². The number of rotatable bonds is 10. The summed E-state index contributed by atoms with van der Waals surface area (Å²) >= 11 is 1.49. The Balaban J connectivity index is 1.67. The van der Waals surface area contributed by atoms with Crippen LogP contribution in [0.15, 0.2) is 83.7 Å². The van der Waals surface area contributed by atoms with Crippen molar-refractivity contribution in [1.82, 2.24) is 15.3 Å². The van der Waals surface area contributed by atoms with Crippen LogP contribution in [-0.4, -0.2) is 37.3 Å². The van der Waals surface area contributed by atoms with Crippen molar-refractivity contribution in [2.75, 3.05) is 32.0 Å². The fourth-order valence-corrected chi connectivity index (χ4v) is 3.89. The molecule has 0 atom stereocenters. The van der Waals surface area contributed by atoms with Crippen molar-refractivity contribution in [3.8, 4) is 11.3 Å². The number of carbonyl (C=O) groups excluding carboxylic acids is 1. The largest absolute Gasteiger partial charge is 0.497 e. The summed E-state index contributed by atoms with van der Waals surface area (Å²) in [5.74, 6) is 1.28. The summed E-state index contributed by atoms with van der Waals surface area (Å²) in [6.45, 7) is 7.58. The number of hydrogen-bond acceptors (Lipinski definition) is 8. The number of amides is 2. The molecule has 3 N–H and O–H groups in total. The number of ether oxygens (including phenoxy) is 3. The Kier molecular flexibility index (Phi) is 9.07. The summed E-state index contributed by atoms with van der Waals surface area (Å²) < 4.78 is 15.9. The molecule has 10 heteroatoms. The lowest BCUT2D eigenvalue weighted by Gasteiger charge is -2.14. The quantitative estimate of drug-likeness (QED) is 0.230. The summed E-state index contributed by atoms with van der Waals surface area (Å²) in [5.41, 5.74) is 4.52. The number of urea groups is 1. The van der Waals surface area contributed by atoms with E-state index in [4.69, 9.17) is 14.2 Å². The first kappa shape index (κ1) is 26.3. The normalized spacial score (nSPS) is 11.8. The van der Waals surface area contributed by atoms with Gasteiger partial charge in [0.15, 0.2) is 16.6 Å². The van der Waals surface area contributed by atoms with Gasteiger partial charge in [0.05, 0.1) is 27.0 Å². The summed E-state index contributed by atoms with van der Waals surface area (Å²) in [6.07, 6.45) is 5.05. The number of aromatic nitrogens is 2. The fraction of sp³-hybridized carbons (Fsp3) is 0.192. The van der Waals surface area contributed by atoms with Gasteiger partial charge in [0.1, 0.15) is 5.76 Å². The molecular weight excluding hydrogens is 478 g/mol. The van der Waals surface area contributed by atoms with Gasteiger partial charge in [-0.1, -0.05) is 12.6 Å². The maximum Gasteiger partial charge on any atom is 0.323 e. The number of nitrogens with one attached hydrogen (secondary N) is 3. The molecule has 188 valence electrons. The molecule has 0 saturated heterocycles. The first-order chi connectivity index (χ1) is 17.3. The van der Waals surface area contributed by atoms with Crippen molar-refractivity contribution in [2.24, 2.45) is 0 Å². The number of aryl methyl sites for hydroxylation is 1. The third kappa shape index (κ3) is 6.86. The molecule has 0 unspecified atom stereocenters. The number of hydrogen-bond donors (Lipinski definition) is 3. The fourth-order valence-electron chi connectivity index (χ4n) is 3.16. The first-order valence-electron chi connectivity index (χ1n) is 10.9. The highest BCUT2D eigenvalue weighted by Crippen LogP contribution is 2.29.